The number of benzene rings is 1. The molecular weight excluding hydrogens is 400 g/mol. The fourth-order valence-corrected chi connectivity index (χ4v) is 5.89. The average molecular weight is 428 g/mol. The summed E-state index contributed by atoms with van der Waals surface area (Å²) in [5.74, 6) is 0. The van der Waals surface area contributed by atoms with E-state index in [-0.39, 0.29) is 0 Å². The Labute approximate surface area is 171 Å². The number of likely N-dealkylation sites (N-methyl/N-ethyl adjacent to an activating group) is 1. The number of nitrogens with zero attached hydrogens (tertiary/aromatic N) is 4. The standard InChI is InChI=1S/C22H28BrN4/c1-24-10-12-26(13-11-24)19-8-9-21-20(15-19)25(2)16-18-6-3-5-17-7-4-14-27(21,23)22(17)18/h4,7-9,15-16H,3,5-6,10-14H2,1-2H3/q+1. The largest absolute Gasteiger partial charge is 0.369 e. The molecule has 1 aromatic rings. The van der Waals surface area contributed by atoms with Crippen LogP contribution in [0.15, 0.2) is 53.4 Å². The molecular formula is C22H28BrN4+. The van der Waals surface area contributed by atoms with Crippen molar-refractivity contribution in [3.8, 4) is 0 Å². The fraction of sp³-hybridized carbons (Fsp3) is 0.455. The van der Waals surface area contributed by atoms with Gasteiger partial charge in [0.1, 0.15) is 12.2 Å². The van der Waals surface area contributed by atoms with E-state index in [0.717, 1.165) is 36.2 Å². The number of hydrogen-bond donors (Lipinski definition) is 0. The normalized spacial score (nSPS) is 27.9. The second-order valence-electron chi connectivity index (χ2n) is 8.26. The molecule has 4 aliphatic rings. The number of halogens is 1. The van der Waals surface area contributed by atoms with Gasteiger partial charge in [-0.1, -0.05) is 6.08 Å². The molecule has 0 saturated carbocycles. The highest BCUT2D eigenvalue weighted by molar-refractivity contribution is 9.08. The summed E-state index contributed by atoms with van der Waals surface area (Å²) in [7, 11) is 4.42. The van der Waals surface area contributed by atoms with Crippen LogP contribution >= 0.6 is 16.1 Å². The van der Waals surface area contributed by atoms with Gasteiger partial charge in [-0.25, -0.2) is 0 Å². The van der Waals surface area contributed by atoms with Gasteiger partial charge >= 0.3 is 0 Å². The minimum Gasteiger partial charge on any atom is -0.369 e. The Bertz CT molecular complexity index is 863. The Morgan fingerprint density at radius 1 is 1.04 bits per heavy atom. The van der Waals surface area contributed by atoms with Gasteiger partial charge in [-0.3, -0.25) is 0 Å². The highest BCUT2D eigenvalue weighted by atomic mass is 79.9. The van der Waals surface area contributed by atoms with Crippen LogP contribution in [0.3, 0.4) is 0 Å². The van der Waals surface area contributed by atoms with Crippen LogP contribution in [-0.4, -0.2) is 51.7 Å². The third-order valence-corrected chi connectivity index (χ3v) is 7.50. The van der Waals surface area contributed by atoms with Crippen molar-refractivity contribution in [1.29, 1.82) is 0 Å². The lowest BCUT2D eigenvalue weighted by atomic mass is 9.89. The molecule has 142 valence electrons. The van der Waals surface area contributed by atoms with Crippen LogP contribution in [0.4, 0.5) is 17.1 Å². The summed E-state index contributed by atoms with van der Waals surface area (Å²) in [6, 6.07) is 7.07. The van der Waals surface area contributed by atoms with E-state index in [9.17, 15) is 0 Å². The van der Waals surface area contributed by atoms with Gasteiger partial charge < -0.3 is 14.7 Å². The quantitative estimate of drug-likeness (QED) is 0.614. The molecule has 0 spiro atoms. The molecule has 0 N–H and O–H groups in total. The Morgan fingerprint density at radius 3 is 2.67 bits per heavy atom. The van der Waals surface area contributed by atoms with Crippen LogP contribution in [0.25, 0.3) is 0 Å². The van der Waals surface area contributed by atoms with Crippen molar-refractivity contribution in [3.05, 3.63) is 53.4 Å². The first-order chi connectivity index (χ1) is 13.1. The van der Waals surface area contributed by atoms with E-state index in [1.165, 1.54) is 53.2 Å². The summed E-state index contributed by atoms with van der Waals surface area (Å²) in [4.78, 5) is 7.28. The highest BCUT2D eigenvalue weighted by Gasteiger charge is 2.44. The third kappa shape index (κ3) is 2.79. The summed E-state index contributed by atoms with van der Waals surface area (Å²) in [5.41, 5.74) is 8.46. The van der Waals surface area contributed by atoms with Crippen molar-refractivity contribution in [2.75, 3.05) is 56.6 Å². The third-order valence-electron chi connectivity index (χ3n) is 6.47. The summed E-state index contributed by atoms with van der Waals surface area (Å²) >= 11 is 4.17. The minimum atomic E-state index is 0.730. The van der Waals surface area contributed by atoms with Gasteiger partial charge in [0, 0.05) is 62.3 Å². The molecule has 1 aliphatic carbocycles. The molecule has 1 unspecified atom stereocenters. The molecule has 3 aliphatic heterocycles. The van der Waals surface area contributed by atoms with Crippen molar-refractivity contribution >= 4 is 33.2 Å². The molecule has 1 fully saturated rings. The fourth-order valence-electron chi connectivity index (χ4n) is 4.96. The lowest BCUT2D eigenvalue weighted by Gasteiger charge is -2.37. The Hall–Kier alpha value is -1.56. The number of rotatable bonds is 1. The zero-order chi connectivity index (χ0) is 18.6. The summed E-state index contributed by atoms with van der Waals surface area (Å²) < 4.78 is 0.730. The monoisotopic (exact) mass is 427 g/mol. The molecule has 5 heteroatoms. The van der Waals surface area contributed by atoms with Crippen LogP contribution in [-0.2, 0) is 0 Å². The van der Waals surface area contributed by atoms with E-state index >= 15 is 0 Å². The number of quaternary nitrogens is 1. The highest BCUT2D eigenvalue weighted by Crippen LogP contribution is 2.51. The first-order valence-corrected chi connectivity index (χ1v) is 10.8. The van der Waals surface area contributed by atoms with E-state index in [0.29, 0.717) is 0 Å². The van der Waals surface area contributed by atoms with Crippen LogP contribution in [0.1, 0.15) is 19.3 Å². The number of anilines is 2. The summed E-state index contributed by atoms with van der Waals surface area (Å²) in [6.45, 7) is 5.44. The van der Waals surface area contributed by atoms with Crippen molar-refractivity contribution in [3.63, 3.8) is 0 Å². The zero-order valence-electron chi connectivity index (χ0n) is 16.3. The zero-order valence-corrected chi connectivity index (χ0v) is 17.9. The topological polar surface area (TPSA) is 9.72 Å². The van der Waals surface area contributed by atoms with Crippen molar-refractivity contribution < 1.29 is 0 Å². The van der Waals surface area contributed by atoms with Crippen molar-refractivity contribution in [2.24, 2.45) is 0 Å². The number of piperazine rings is 1. The maximum absolute atomic E-state index is 4.17. The second-order valence-corrected chi connectivity index (χ2v) is 9.47. The van der Waals surface area contributed by atoms with E-state index in [4.69, 9.17) is 0 Å². The SMILES string of the molecule is CN1CCN(c2ccc3c(c2)N(C)C=C2CCCC4=C2[N+]3(Br)CC=C4)CC1. The van der Waals surface area contributed by atoms with Gasteiger partial charge in [-0.2, -0.15) is 3.51 Å². The van der Waals surface area contributed by atoms with E-state index < -0.39 is 0 Å². The van der Waals surface area contributed by atoms with E-state index in [1.54, 1.807) is 0 Å². The molecule has 4 nitrogen and oxygen atoms in total. The summed E-state index contributed by atoms with van der Waals surface area (Å²) in [6.07, 6.45) is 10.7. The number of hydrogen-bond acceptors (Lipinski definition) is 3. The van der Waals surface area contributed by atoms with Gasteiger partial charge in [-0.15, -0.1) is 0 Å². The minimum absolute atomic E-state index is 0.730. The number of allylic oxidation sites excluding steroid dienone is 3. The smallest absolute Gasteiger partial charge is 0.239 e. The lowest BCUT2D eigenvalue weighted by molar-refractivity contribution is 0.313. The maximum atomic E-state index is 4.17. The van der Waals surface area contributed by atoms with Gasteiger partial charge in [0.15, 0.2) is 11.4 Å². The predicted octanol–water partition coefficient (Wildman–Crippen LogP) is 4.40. The molecule has 1 aromatic carbocycles. The first kappa shape index (κ1) is 17.5. The van der Waals surface area contributed by atoms with Crippen LogP contribution in [0.2, 0.25) is 0 Å². The van der Waals surface area contributed by atoms with Crippen LogP contribution < -0.4 is 13.3 Å². The van der Waals surface area contributed by atoms with Gasteiger partial charge in [0.05, 0.1) is 0 Å². The van der Waals surface area contributed by atoms with Crippen molar-refractivity contribution in [1.82, 2.24) is 8.41 Å². The van der Waals surface area contributed by atoms with Crippen LogP contribution in [0.5, 0.6) is 0 Å². The van der Waals surface area contributed by atoms with Gasteiger partial charge in [0.25, 0.3) is 0 Å². The molecule has 5 rings (SSSR count). The van der Waals surface area contributed by atoms with E-state index in [2.05, 4.69) is 81.5 Å². The summed E-state index contributed by atoms with van der Waals surface area (Å²) in [5, 5.41) is 0. The molecule has 1 saturated heterocycles. The van der Waals surface area contributed by atoms with Gasteiger partial charge in [-0.05, 0) is 44.5 Å². The maximum Gasteiger partial charge on any atom is 0.239 e. The predicted molar refractivity (Wildman–Crippen MR) is 118 cm³/mol. The second kappa shape index (κ2) is 6.50. The molecule has 0 radical (unpaired) electrons. The Balaban J connectivity index is 1.62. The van der Waals surface area contributed by atoms with Crippen molar-refractivity contribution in [2.45, 2.75) is 19.3 Å². The molecule has 0 amide bonds. The molecule has 0 aromatic heterocycles. The molecule has 0 bridgehead atoms. The van der Waals surface area contributed by atoms with Gasteiger partial charge in [0.2, 0.25) is 16.1 Å². The first-order valence-electron chi connectivity index (χ1n) is 10.1. The number of fused-ring (bicyclic) bond motifs is 2. The molecule has 1 atom stereocenters. The molecule has 27 heavy (non-hydrogen) atoms. The Morgan fingerprint density at radius 2 is 1.85 bits per heavy atom. The average Bonchev–Trinajstić information content (AvgIpc) is 2.77. The molecule has 3 heterocycles. The Kier molecular flexibility index (Phi) is 4.22. The lowest BCUT2D eigenvalue weighted by Crippen LogP contribution is -2.44. The van der Waals surface area contributed by atoms with Crippen LogP contribution in [0, 0.1) is 0 Å². The van der Waals surface area contributed by atoms with E-state index in [1.807, 2.05) is 0 Å².